The van der Waals surface area contributed by atoms with Crippen LogP contribution in [0.25, 0.3) is 0 Å². The van der Waals surface area contributed by atoms with E-state index in [0.29, 0.717) is 0 Å². The summed E-state index contributed by atoms with van der Waals surface area (Å²) in [6, 6.07) is 10.1. The second kappa shape index (κ2) is 6.65. The Morgan fingerprint density at radius 3 is 2.62 bits per heavy atom. The van der Waals surface area contributed by atoms with Crippen LogP contribution in [0, 0.1) is 0 Å². The molecule has 5 heteroatoms. The van der Waals surface area contributed by atoms with Crippen LogP contribution in [0.5, 0.6) is 0 Å². The summed E-state index contributed by atoms with van der Waals surface area (Å²) in [7, 11) is 0. The first kappa shape index (κ1) is 15.8. The van der Waals surface area contributed by atoms with Gasteiger partial charge in [-0.3, -0.25) is 9.69 Å². The number of hydrogen-bond acceptors (Lipinski definition) is 4. The molecule has 4 rings (SSSR count). The fraction of sp³-hybridized carbons (Fsp3) is 0.474. The van der Waals surface area contributed by atoms with Crippen molar-refractivity contribution in [2.24, 2.45) is 0 Å². The van der Waals surface area contributed by atoms with E-state index in [4.69, 9.17) is 0 Å². The number of piperidine rings is 1. The molecule has 0 unspecified atom stereocenters. The van der Waals surface area contributed by atoms with Gasteiger partial charge < -0.3 is 5.32 Å². The van der Waals surface area contributed by atoms with E-state index in [1.54, 1.807) is 0 Å². The lowest BCUT2D eigenvalue weighted by molar-refractivity contribution is -0.118. The molecule has 4 nitrogen and oxygen atoms in total. The molecule has 1 aromatic carbocycles. The number of amides is 1. The molecule has 1 amide bonds. The highest BCUT2D eigenvalue weighted by Crippen LogP contribution is 2.49. The van der Waals surface area contributed by atoms with Crippen molar-refractivity contribution in [2.75, 3.05) is 18.4 Å². The number of hydrogen-bond donors (Lipinski definition) is 1. The van der Waals surface area contributed by atoms with Crippen LogP contribution in [-0.4, -0.2) is 28.9 Å². The van der Waals surface area contributed by atoms with E-state index >= 15 is 0 Å². The fourth-order valence-corrected chi connectivity index (χ4v) is 4.23. The molecular weight excluding hydrogens is 318 g/mol. The average Bonchev–Trinajstić information content (AvgIpc) is 3.33. The number of benzene rings is 1. The molecule has 1 N–H and O–H groups in total. The highest BCUT2D eigenvalue weighted by atomic mass is 32.1. The van der Waals surface area contributed by atoms with Gasteiger partial charge in [-0.2, -0.15) is 0 Å². The molecule has 1 aliphatic heterocycles. The van der Waals surface area contributed by atoms with Crippen LogP contribution < -0.4 is 5.32 Å². The summed E-state index contributed by atoms with van der Waals surface area (Å²) in [5, 5.41) is 5.86. The highest BCUT2D eigenvalue weighted by molar-refractivity contribution is 7.13. The van der Waals surface area contributed by atoms with E-state index in [-0.39, 0.29) is 11.3 Å². The van der Waals surface area contributed by atoms with Gasteiger partial charge in [0.25, 0.3) is 0 Å². The molecule has 1 saturated heterocycles. The molecular formula is C19H23N3OS. The van der Waals surface area contributed by atoms with Crippen LogP contribution in [0.4, 0.5) is 5.13 Å². The summed E-state index contributed by atoms with van der Waals surface area (Å²) >= 11 is 1.54. The molecule has 0 spiro atoms. The van der Waals surface area contributed by atoms with Crippen molar-refractivity contribution in [1.29, 1.82) is 0 Å². The zero-order valence-electron chi connectivity index (χ0n) is 13.8. The van der Waals surface area contributed by atoms with Crippen molar-refractivity contribution in [3.63, 3.8) is 0 Å². The van der Waals surface area contributed by atoms with E-state index in [0.717, 1.165) is 48.9 Å². The summed E-state index contributed by atoms with van der Waals surface area (Å²) in [5.74, 6) is 0.0903. The Bertz CT molecular complexity index is 702. The van der Waals surface area contributed by atoms with Crippen LogP contribution in [-0.2, 0) is 16.8 Å². The van der Waals surface area contributed by atoms with Gasteiger partial charge in [-0.1, -0.05) is 36.8 Å². The van der Waals surface area contributed by atoms with Crippen LogP contribution in [0.15, 0.2) is 35.7 Å². The Balaban J connectivity index is 1.40. The topological polar surface area (TPSA) is 45.2 Å². The van der Waals surface area contributed by atoms with Gasteiger partial charge in [-0.05, 0) is 44.3 Å². The normalized spacial score (nSPS) is 19.8. The Labute approximate surface area is 146 Å². The monoisotopic (exact) mass is 341 g/mol. The molecule has 2 fully saturated rings. The van der Waals surface area contributed by atoms with Crippen molar-refractivity contribution in [3.05, 3.63) is 47.0 Å². The van der Waals surface area contributed by atoms with Gasteiger partial charge in [0.15, 0.2) is 5.13 Å². The van der Waals surface area contributed by atoms with Gasteiger partial charge in [0, 0.05) is 11.9 Å². The second-order valence-corrected chi connectivity index (χ2v) is 7.74. The molecule has 2 aromatic rings. The van der Waals surface area contributed by atoms with Gasteiger partial charge in [-0.25, -0.2) is 4.98 Å². The first-order valence-corrected chi connectivity index (χ1v) is 9.68. The zero-order chi connectivity index (χ0) is 16.4. The van der Waals surface area contributed by atoms with Gasteiger partial charge in [-0.15, -0.1) is 11.3 Å². The maximum Gasteiger partial charge on any atom is 0.236 e. The first-order chi connectivity index (χ1) is 11.8. The van der Waals surface area contributed by atoms with Gasteiger partial charge in [0.1, 0.15) is 0 Å². The number of thiazole rings is 1. The smallest absolute Gasteiger partial charge is 0.236 e. The van der Waals surface area contributed by atoms with Gasteiger partial charge >= 0.3 is 0 Å². The number of likely N-dealkylation sites (tertiary alicyclic amines) is 1. The molecule has 1 saturated carbocycles. The van der Waals surface area contributed by atoms with Crippen LogP contribution in [0.2, 0.25) is 0 Å². The van der Waals surface area contributed by atoms with Crippen molar-refractivity contribution in [2.45, 2.75) is 44.1 Å². The van der Waals surface area contributed by atoms with E-state index in [9.17, 15) is 4.79 Å². The highest BCUT2D eigenvalue weighted by Gasteiger charge is 2.51. The summed E-state index contributed by atoms with van der Waals surface area (Å²) in [5.41, 5.74) is 1.86. The number of anilines is 1. The third kappa shape index (κ3) is 3.23. The van der Waals surface area contributed by atoms with Crippen LogP contribution in [0.3, 0.4) is 0 Å². The molecule has 1 aliphatic carbocycles. The van der Waals surface area contributed by atoms with Crippen molar-refractivity contribution in [1.82, 2.24) is 9.88 Å². The third-order valence-corrected chi connectivity index (χ3v) is 5.92. The van der Waals surface area contributed by atoms with Crippen LogP contribution >= 0.6 is 11.3 Å². The second-order valence-electron chi connectivity index (χ2n) is 6.88. The molecule has 126 valence electrons. The molecule has 1 aromatic heterocycles. The minimum atomic E-state index is -0.333. The summed E-state index contributed by atoms with van der Waals surface area (Å²) in [6.45, 7) is 3.23. The molecule has 24 heavy (non-hydrogen) atoms. The molecule has 0 bridgehead atoms. The van der Waals surface area contributed by atoms with E-state index < -0.39 is 0 Å². The van der Waals surface area contributed by atoms with Gasteiger partial charge in [0.05, 0.1) is 11.1 Å². The first-order valence-electron chi connectivity index (χ1n) is 8.80. The number of carbonyl (C=O) groups excluding carboxylic acids is 1. The lowest BCUT2D eigenvalue weighted by Gasteiger charge is -2.25. The predicted octanol–water partition coefficient (Wildman–Crippen LogP) is 3.80. The number of nitrogens with zero attached hydrogens (tertiary/aromatic N) is 2. The summed E-state index contributed by atoms with van der Waals surface area (Å²) < 4.78 is 0. The van der Waals surface area contributed by atoms with E-state index in [1.807, 2.05) is 18.2 Å². The zero-order valence-corrected chi connectivity index (χ0v) is 14.6. The Morgan fingerprint density at radius 2 is 1.92 bits per heavy atom. The molecule has 0 radical (unpaired) electrons. The van der Waals surface area contributed by atoms with Gasteiger partial charge in [0.2, 0.25) is 5.91 Å². The minimum absolute atomic E-state index is 0.0903. The maximum absolute atomic E-state index is 12.7. The molecule has 2 aliphatic rings. The SMILES string of the molecule is O=C(Nc1nc(CN2CCCCC2)cs1)C1(c2ccccc2)CC1. The van der Waals surface area contributed by atoms with E-state index in [2.05, 4.69) is 32.7 Å². The molecule has 0 atom stereocenters. The average molecular weight is 341 g/mol. The predicted molar refractivity (Wildman–Crippen MR) is 97.2 cm³/mol. The summed E-state index contributed by atoms with van der Waals surface area (Å²) in [6.07, 6.45) is 5.76. The number of nitrogens with one attached hydrogen (secondary N) is 1. The largest absolute Gasteiger partial charge is 0.301 e. The third-order valence-electron chi connectivity index (χ3n) is 5.12. The Hall–Kier alpha value is -1.72. The van der Waals surface area contributed by atoms with Crippen molar-refractivity contribution < 1.29 is 4.79 Å². The fourth-order valence-electron chi connectivity index (χ4n) is 3.53. The quantitative estimate of drug-likeness (QED) is 0.900. The van der Waals surface area contributed by atoms with E-state index in [1.165, 1.54) is 30.6 Å². The standard InChI is InChI=1S/C19H23N3OS/c23-17(19(9-10-19)15-7-3-1-4-8-15)21-18-20-16(14-24-18)13-22-11-5-2-6-12-22/h1,3-4,7-8,14H,2,5-6,9-13H2,(H,20,21,23). The Morgan fingerprint density at radius 1 is 1.17 bits per heavy atom. The molecule has 2 heterocycles. The maximum atomic E-state index is 12.7. The lowest BCUT2D eigenvalue weighted by Crippen LogP contribution is -2.29. The number of carbonyl (C=O) groups is 1. The minimum Gasteiger partial charge on any atom is -0.301 e. The lowest BCUT2D eigenvalue weighted by atomic mass is 9.95. The van der Waals surface area contributed by atoms with Crippen molar-refractivity contribution in [3.8, 4) is 0 Å². The Kier molecular flexibility index (Phi) is 4.37. The number of aromatic nitrogens is 1. The van der Waals surface area contributed by atoms with Crippen molar-refractivity contribution >= 4 is 22.4 Å². The number of rotatable bonds is 5. The van der Waals surface area contributed by atoms with Crippen LogP contribution in [0.1, 0.15) is 43.4 Å². The summed E-state index contributed by atoms with van der Waals surface area (Å²) in [4.78, 5) is 19.8.